The third kappa shape index (κ3) is 4.09. The number of benzene rings is 2. The molecule has 23 heavy (non-hydrogen) atoms. The molecule has 2 rings (SSSR count). The summed E-state index contributed by atoms with van der Waals surface area (Å²) in [5.41, 5.74) is 8.20. The van der Waals surface area contributed by atoms with E-state index in [-0.39, 0.29) is 5.92 Å². The topological polar surface area (TPSA) is 53.7 Å². The van der Waals surface area contributed by atoms with E-state index in [1.807, 2.05) is 36.4 Å². The summed E-state index contributed by atoms with van der Waals surface area (Å²) in [6.07, 6.45) is 0.787. The van der Waals surface area contributed by atoms with Crippen LogP contribution in [0.1, 0.15) is 17.0 Å². The van der Waals surface area contributed by atoms with E-state index in [0.717, 1.165) is 17.5 Å². The second-order valence-corrected chi connectivity index (χ2v) is 5.63. The van der Waals surface area contributed by atoms with Crippen molar-refractivity contribution in [3.05, 3.63) is 52.5 Å². The highest BCUT2D eigenvalue weighted by Crippen LogP contribution is 2.32. The van der Waals surface area contributed by atoms with Crippen molar-refractivity contribution < 1.29 is 14.2 Å². The number of rotatable bonds is 7. The van der Waals surface area contributed by atoms with Gasteiger partial charge in [0, 0.05) is 5.92 Å². The van der Waals surface area contributed by atoms with Crippen LogP contribution < -0.4 is 19.9 Å². The Morgan fingerprint density at radius 2 is 1.57 bits per heavy atom. The molecule has 0 radical (unpaired) electrons. The molecule has 0 bridgehead atoms. The number of halogens is 1. The maximum atomic E-state index is 6.20. The lowest BCUT2D eigenvalue weighted by Crippen LogP contribution is -2.15. The minimum absolute atomic E-state index is 0.166. The van der Waals surface area contributed by atoms with Crippen LogP contribution in [0.15, 0.2) is 36.4 Å². The van der Waals surface area contributed by atoms with Crippen molar-refractivity contribution >= 4 is 11.6 Å². The zero-order valence-electron chi connectivity index (χ0n) is 13.6. The van der Waals surface area contributed by atoms with Crippen LogP contribution in [0.5, 0.6) is 17.2 Å². The molecule has 0 heterocycles. The number of nitrogens with two attached hydrogens (primary N) is 1. The van der Waals surface area contributed by atoms with Gasteiger partial charge in [0.25, 0.3) is 0 Å². The summed E-state index contributed by atoms with van der Waals surface area (Å²) in [6.45, 7) is 0.527. The molecule has 0 aromatic heterocycles. The van der Waals surface area contributed by atoms with Gasteiger partial charge in [0.2, 0.25) is 0 Å². The zero-order chi connectivity index (χ0) is 16.8. The minimum Gasteiger partial charge on any atom is -0.495 e. The van der Waals surface area contributed by atoms with E-state index in [9.17, 15) is 0 Å². The first-order valence-electron chi connectivity index (χ1n) is 7.37. The fourth-order valence-corrected chi connectivity index (χ4v) is 2.85. The van der Waals surface area contributed by atoms with Crippen LogP contribution in [0.2, 0.25) is 5.02 Å². The molecule has 0 aliphatic rings. The smallest absolute Gasteiger partial charge is 0.160 e. The van der Waals surface area contributed by atoms with E-state index >= 15 is 0 Å². The molecular weight excluding hydrogens is 314 g/mol. The molecule has 0 spiro atoms. The third-order valence-corrected chi connectivity index (χ3v) is 4.16. The first-order valence-corrected chi connectivity index (χ1v) is 7.75. The number of ether oxygens (including phenoxy) is 3. The van der Waals surface area contributed by atoms with Gasteiger partial charge in [0.1, 0.15) is 5.75 Å². The van der Waals surface area contributed by atoms with Crippen LogP contribution in [-0.2, 0) is 6.42 Å². The fraction of sp³-hybridized carbons (Fsp3) is 0.333. The van der Waals surface area contributed by atoms with Gasteiger partial charge in [0.15, 0.2) is 11.5 Å². The summed E-state index contributed by atoms with van der Waals surface area (Å²) in [5.74, 6) is 2.25. The predicted octanol–water partition coefficient (Wildman–Crippen LogP) is 3.65. The molecule has 1 atom stereocenters. The maximum Gasteiger partial charge on any atom is 0.160 e. The Morgan fingerprint density at radius 1 is 0.913 bits per heavy atom. The minimum atomic E-state index is 0.166. The summed E-state index contributed by atoms with van der Waals surface area (Å²) in [6, 6.07) is 11.7. The van der Waals surface area contributed by atoms with Crippen molar-refractivity contribution in [2.45, 2.75) is 12.3 Å². The van der Waals surface area contributed by atoms with Gasteiger partial charge < -0.3 is 19.9 Å². The number of hydrogen-bond acceptors (Lipinski definition) is 4. The second-order valence-electron chi connectivity index (χ2n) is 5.22. The molecule has 124 valence electrons. The van der Waals surface area contributed by atoms with E-state index in [4.69, 9.17) is 31.5 Å². The lowest BCUT2D eigenvalue weighted by Gasteiger charge is -2.18. The van der Waals surface area contributed by atoms with E-state index < -0.39 is 0 Å². The number of hydrogen-bond donors (Lipinski definition) is 1. The molecule has 1 unspecified atom stereocenters. The van der Waals surface area contributed by atoms with Crippen LogP contribution in [0.3, 0.4) is 0 Å². The Balaban J connectivity index is 2.24. The Morgan fingerprint density at radius 3 is 2.13 bits per heavy atom. The molecule has 0 amide bonds. The molecule has 2 aromatic carbocycles. The van der Waals surface area contributed by atoms with Crippen molar-refractivity contribution in [1.82, 2.24) is 0 Å². The maximum absolute atomic E-state index is 6.20. The molecule has 5 heteroatoms. The van der Waals surface area contributed by atoms with Crippen molar-refractivity contribution in [1.29, 1.82) is 0 Å². The normalized spacial score (nSPS) is 11.9. The van der Waals surface area contributed by atoms with Gasteiger partial charge in [-0.15, -0.1) is 0 Å². The lowest BCUT2D eigenvalue weighted by molar-refractivity contribution is 0.354. The number of methoxy groups -OCH3 is 3. The van der Waals surface area contributed by atoms with Crippen molar-refractivity contribution in [3.8, 4) is 17.2 Å². The quantitative estimate of drug-likeness (QED) is 0.839. The highest BCUT2D eigenvalue weighted by atomic mass is 35.5. The van der Waals surface area contributed by atoms with Crippen molar-refractivity contribution in [3.63, 3.8) is 0 Å². The highest BCUT2D eigenvalue weighted by Gasteiger charge is 2.15. The van der Waals surface area contributed by atoms with Gasteiger partial charge in [-0.2, -0.15) is 0 Å². The molecule has 0 saturated carbocycles. The van der Waals surface area contributed by atoms with E-state index in [0.29, 0.717) is 28.8 Å². The Hall–Kier alpha value is -1.91. The van der Waals surface area contributed by atoms with Crippen LogP contribution in [0.4, 0.5) is 0 Å². The van der Waals surface area contributed by atoms with Crippen LogP contribution in [0, 0.1) is 0 Å². The summed E-state index contributed by atoms with van der Waals surface area (Å²) in [7, 11) is 4.85. The fourth-order valence-electron chi connectivity index (χ4n) is 2.57. The van der Waals surface area contributed by atoms with Gasteiger partial charge in [0.05, 0.1) is 26.4 Å². The largest absolute Gasteiger partial charge is 0.495 e. The molecular formula is C18H22ClNO3. The Bertz CT molecular complexity index is 661. The lowest BCUT2D eigenvalue weighted by atomic mass is 9.91. The SMILES string of the molecule is COc1ccc(CC(CN)c2ccc(OC)c(OC)c2)cc1Cl. The first-order chi connectivity index (χ1) is 11.1. The summed E-state index contributed by atoms with van der Waals surface area (Å²) in [5, 5.41) is 0.605. The molecule has 0 saturated heterocycles. The second kappa shape index (κ2) is 8.09. The van der Waals surface area contributed by atoms with Crippen LogP contribution >= 0.6 is 11.6 Å². The molecule has 0 fully saturated rings. The average Bonchev–Trinajstić information content (AvgIpc) is 2.59. The first kappa shape index (κ1) is 17.4. The monoisotopic (exact) mass is 335 g/mol. The van der Waals surface area contributed by atoms with E-state index in [1.165, 1.54) is 0 Å². The average molecular weight is 336 g/mol. The molecule has 2 N–H and O–H groups in total. The van der Waals surface area contributed by atoms with Gasteiger partial charge in [-0.25, -0.2) is 0 Å². The van der Waals surface area contributed by atoms with Gasteiger partial charge in [-0.05, 0) is 48.4 Å². The summed E-state index contributed by atoms with van der Waals surface area (Å²) in [4.78, 5) is 0. The summed E-state index contributed by atoms with van der Waals surface area (Å²) < 4.78 is 15.8. The van der Waals surface area contributed by atoms with Crippen LogP contribution in [-0.4, -0.2) is 27.9 Å². The van der Waals surface area contributed by atoms with Crippen molar-refractivity contribution in [2.24, 2.45) is 5.73 Å². The molecule has 4 nitrogen and oxygen atoms in total. The molecule has 0 aliphatic carbocycles. The highest BCUT2D eigenvalue weighted by molar-refractivity contribution is 6.32. The Kier molecular flexibility index (Phi) is 6.13. The van der Waals surface area contributed by atoms with E-state index in [1.54, 1.807) is 21.3 Å². The third-order valence-electron chi connectivity index (χ3n) is 3.86. The molecule has 0 aliphatic heterocycles. The van der Waals surface area contributed by atoms with Crippen molar-refractivity contribution in [2.75, 3.05) is 27.9 Å². The van der Waals surface area contributed by atoms with Gasteiger partial charge >= 0.3 is 0 Å². The predicted molar refractivity (Wildman–Crippen MR) is 93.0 cm³/mol. The molecule has 2 aromatic rings. The zero-order valence-corrected chi connectivity index (χ0v) is 14.4. The van der Waals surface area contributed by atoms with E-state index in [2.05, 4.69) is 0 Å². The summed E-state index contributed by atoms with van der Waals surface area (Å²) >= 11 is 6.20. The van der Waals surface area contributed by atoms with Gasteiger partial charge in [-0.3, -0.25) is 0 Å². The van der Waals surface area contributed by atoms with Crippen LogP contribution in [0.25, 0.3) is 0 Å². The standard InChI is InChI=1S/C18H22ClNO3/c1-21-16-6-4-12(9-15(16)19)8-14(11-20)13-5-7-17(22-2)18(10-13)23-3/h4-7,9-10,14H,8,11,20H2,1-3H3. The Labute approximate surface area is 142 Å². The van der Waals surface area contributed by atoms with Gasteiger partial charge in [-0.1, -0.05) is 23.7 Å².